The van der Waals surface area contributed by atoms with E-state index in [0.29, 0.717) is 27.9 Å². The second kappa shape index (κ2) is 7.98. The predicted octanol–water partition coefficient (Wildman–Crippen LogP) is 2.24. The van der Waals surface area contributed by atoms with Crippen LogP contribution in [0.2, 0.25) is 0 Å². The molecule has 23 heavy (non-hydrogen) atoms. The van der Waals surface area contributed by atoms with Crippen molar-refractivity contribution in [3.63, 3.8) is 0 Å². The number of ether oxygens (including phenoxy) is 1. The molecule has 1 aromatic carbocycles. The minimum Gasteiger partial charge on any atom is -0.466 e. The molecule has 2 rings (SSSR count). The van der Waals surface area contributed by atoms with Gasteiger partial charge in [0, 0.05) is 32.9 Å². The monoisotopic (exact) mass is 352 g/mol. The standard InChI is InChI=1S/C15H16N2O4S2/c1-3-21-13(18)8-11-9-22-15(16-11)17-14(19)10-4-6-12(7-5-10)23(2)20/h4-7,9H,3,8H2,1-2H3,(H,16,17,19)/t23-/m1/s1. The van der Waals surface area contributed by atoms with Crippen LogP contribution in [0.25, 0.3) is 0 Å². The van der Waals surface area contributed by atoms with Gasteiger partial charge in [-0.25, -0.2) is 4.98 Å². The van der Waals surface area contributed by atoms with Crippen molar-refractivity contribution in [2.45, 2.75) is 18.2 Å². The fourth-order valence-corrected chi connectivity index (χ4v) is 3.00. The summed E-state index contributed by atoms with van der Waals surface area (Å²) in [5, 5.41) is 4.79. The molecule has 2 aromatic rings. The van der Waals surface area contributed by atoms with Crippen LogP contribution >= 0.6 is 11.3 Å². The number of benzene rings is 1. The number of carbonyl (C=O) groups is 2. The number of carbonyl (C=O) groups excluding carboxylic acids is 2. The molecular formula is C15H16N2O4S2. The van der Waals surface area contributed by atoms with E-state index in [9.17, 15) is 13.8 Å². The smallest absolute Gasteiger partial charge is 0.311 e. The van der Waals surface area contributed by atoms with E-state index in [1.807, 2.05) is 0 Å². The zero-order chi connectivity index (χ0) is 16.8. The molecule has 0 unspecified atom stereocenters. The molecular weight excluding hydrogens is 336 g/mol. The second-order valence-corrected chi connectivity index (χ2v) is 6.80. The first-order chi connectivity index (χ1) is 11.0. The summed E-state index contributed by atoms with van der Waals surface area (Å²) in [6.07, 6.45) is 1.66. The van der Waals surface area contributed by atoms with E-state index < -0.39 is 10.8 Å². The highest BCUT2D eigenvalue weighted by Gasteiger charge is 2.12. The van der Waals surface area contributed by atoms with Crippen LogP contribution < -0.4 is 5.32 Å². The van der Waals surface area contributed by atoms with Gasteiger partial charge in [0.15, 0.2) is 5.13 Å². The molecule has 122 valence electrons. The van der Waals surface area contributed by atoms with Crippen LogP contribution in [0.1, 0.15) is 23.0 Å². The molecule has 1 amide bonds. The Morgan fingerprint density at radius 1 is 1.30 bits per heavy atom. The van der Waals surface area contributed by atoms with E-state index >= 15 is 0 Å². The zero-order valence-electron chi connectivity index (χ0n) is 12.7. The van der Waals surface area contributed by atoms with Crippen LogP contribution in [-0.4, -0.2) is 33.9 Å². The number of nitrogens with one attached hydrogen (secondary N) is 1. The van der Waals surface area contributed by atoms with E-state index in [1.165, 1.54) is 11.3 Å². The van der Waals surface area contributed by atoms with E-state index in [-0.39, 0.29) is 18.3 Å². The molecule has 8 heteroatoms. The molecule has 1 N–H and O–H groups in total. The van der Waals surface area contributed by atoms with Crippen LogP contribution in [0.5, 0.6) is 0 Å². The maximum Gasteiger partial charge on any atom is 0.311 e. The highest BCUT2D eigenvalue weighted by molar-refractivity contribution is 7.84. The van der Waals surface area contributed by atoms with E-state index in [1.54, 1.807) is 42.8 Å². The SMILES string of the molecule is CCOC(=O)Cc1csc(NC(=O)c2ccc([S@@](C)=O)cc2)n1. The van der Waals surface area contributed by atoms with Gasteiger partial charge in [-0.15, -0.1) is 11.3 Å². The lowest BCUT2D eigenvalue weighted by Gasteiger charge is -2.03. The molecule has 0 spiro atoms. The van der Waals surface area contributed by atoms with Crippen molar-refractivity contribution in [2.24, 2.45) is 0 Å². The summed E-state index contributed by atoms with van der Waals surface area (Å²) in [5.74, 6) is -0.658. The maximum absolute atomic E-state index is 12.1. The quantitative estimate of drug-likeness (QED) is 0.806. The van der Waals surface area contributed by atoms with Gasteiger partial charge in [0.1, 0.15) is 0 Å². The number of amides is 1. The van der Waals surface area contributed by atoms with Gasteiger partial charge in [-0.05, 0) is 31.2 Å². The summed E-state index contributed by atoms with van der Waals surface area (Å²) in [6.45, 7) is 2.06. The van der Waals surface area contributed by atoms with Crippen LogP contribution in [0.15, 0.2) is 34.5 Å². The third-order valence-electron chi connectivity index (χ3n) is 2.85. The Bertz CT molecular complexity index is 725. The van der Waals surface area contributed by atoms with Crippen molar-refractivity contribution in [2.75, 3.05) is 18.2 Å². The van der Waals surface area contributed by atoms with Gasteiger partial charge in [-0.1, -0.05) is 0 Å². The molecule has 0 aliphatic carbocycles. The molecule has 1 atom stereocenters. The number of rotatable bonds is 6. The Hall–Kier alpha value is -2.06. The van der Waals surface area contributed by atoms with Crippen molar-refractivity contribution in [1.82, 2.24) is 4.98 Å². The lowest BCUT2D eigenvalue weighted by atomic mass is 10.2. The summed E-state index contributed by atoms with van der Waals surface area (Å²) in [5.41, 5.74) is 1.00. The summed E-state index contributed by atoms with van der Waals surface area (Å²) in [7, 11) is -1.08. The fourth-order valence-electron chi connectivity index (χ4n) is 1.77. The van der Waals surface area contributed by atoms with Crippen molar-refractivity contribution in [1.29, 1.82) is 0 Å². The Morgan fingerprint density at radius 2 is 2.00 bits per heavy atom. The molecule has 0 saturated carbocycles. The van der Waals surface area contributed by atoms with Crippen LogP contribution in [0, 0.1) is 0 Å². The van der Waals surface area contributed by atoms with E-state index in [0.717, 1.165) is 0 Å². The zero-order valence-corrected chi connectivity index (χ0v) is 14.3. The molecule has 6 nitrogen and oxygen atoms in total. The Kier molecular flexibility index (Phi) is 6.00. The Balaban J connectivity index is 1.99. The average Bonchev–Trinajstić information content (AvgIpc) is 2.94. The fraction of sp³-hybridized carbons (Fsp3) is 0.267. The van der Waals surface area contributed by atoms with Crippen molar-refractivity contribution in [3.05, 3.63) is 40.9 Å². The molecule has 1 aromatic heterocycles. The topological polar surface area (TPSA) is 85.4 Å². The first-order valence-corrected chi connectivity index (χ1v) is 9.28. The molecule has 1 heterocycles. The predicted molar refractivity (Wildman–Crippen MR) is 89.2 cm³/mol. The van der Waals surface area contributed by atoms with Gasteiger partial charge in [0.25, 0.3) is 5.91 Å². The lowest BCUT2D eigenvalue weighted by molar-refractivity contribution is -0.142. The minimum atomic E-state index is -1.08. The average molecular weight is 352 g/mol. The van der Waals surface area contributed by atoms with Gasteiger partial charge in [-0.3, -0.25) is 19.1 Å². The molecule has 0 radical (unpaired) electrons. The summed E-state index contributed by atoms with van der Waals surface area (Å²) in [4.78, 5) is 28.3. The number of anilines is 1. The Labute approximate surface area is 140 Å². The minimum absolute atomic E-state index is 0.0806. The summed E-state index contributed by atoms with van der Waals surface area (Å²) >= 11 is 1.24. The van der Waals surface area contributed by atoms with Crippen molar-refractivity contribution in [3.8, 4) is 0 Å². The first-order valence-electron chi connectivity index (χ1n) is 6.84. The first kappa shape index (κ1) is 17.3. The van der Waals surface area contributed by atoms with E-state index in [4.69, 9.17) is 4.74 Å². The largest absolute Gasteiger partial charge is 0.466 e. The van der Waals surface area contributed by atoms with Crippen LogP contribution in [0.3, 0.4) is 0 Å². The van der Waals surface area contributed by atoms with Gasteiger partial charge < -0.3 is 4.74 Å². The van der Waals surface area contributed by atoms with Crippen molar-refractivity contribution < 1.29 is 18.5 Å². The van der Waals surface area contributed by atoms with Gasteiger partial charge in [0.2, 0.25) is 0 Å². The number of nitrogens with zero attached hydrogens (tertiary/aromatic N) is 1. The highest BCUT2D eigenvalue weighted by atomic mass is 32.2. The molecule has 0 aliphatic rings. The van der Waals surface area contributed by atoms with E-state index in [2.05, 4.69) is 10.3 Å². The van der Waals surface area contributed by atoms with Crippen LogP contribution in [0.4, 0.5) is 5.13 Å². The van der Waals surface area contributed by atoms with Gasteiger partial charge >= 0.3 is 5.97 Å². The number of hydrogen-bond acceptors (Lipinski definition) is 6. The second-order valence-electron chi connectivity index (χ2n) is 4.56. The number of thiazole rings is 1. The Morgan fingerprint density at radius 3 is 2.61 bits per heavy atom. The maximum atomic E-state index is 12.1. The normalized spacial score (nSPS) is 11.7. The number of esters is 1. The summed E-state index contributed by atoms with van der Waals surface area (Å²) in [6, 6.07) is 6.52. The third kappa shape index (κ3) is 4.97. The van der Waals surface area contributed by atoms with Crippen LogP contribution in [-0.2, 0) is 26.8 Å². The molecule has 0 bridgehead atoms. The molecule has 0 saturated heterocycles. The summed E-state index contributed by atoms with van der Waals surface area (Å²) < 4.78 is 16.2. The van der Waals surface area contributed by atoms with Crippen molar-refractivity contribution >= 4 is 39.1 Å². The number of hydrogen-bond donors (Lipinski definition) is 1. The highest BCUT2D eigenvalue weighted by Crippen LogP contribution is 2.17. The lowest BCUT2D eigenvalue weighted by Crippen LogP contribution is -2.12. The third-order valence-corrected chi connectivity index (χ3v) is 4.59. The van der Waals surface area contributed by atoms with Gasteiger partial charge in [-0.2, -0.15) is 0 Å². The number of aromatic nitrogens is 1. The molecule has 0 aliphatic heterocycles. The molecule has 0 fully saturated rings. The van der Waals surface area contributed by atoms with Gasteiger partial charge in [0.05, 0.1) is 18.7 Å².